The fourth-order valence-electron chi connectivity index (χ4n) is 2.00. The third-order valence-corrected chi connectivity index (χ3v) is 4.17. The van der Waals surface area contributed by atoms with Crippen LogP contribution in [-0.4, -0.2) is 29.0 Å². The maximum Gasteiger partial charge on any atom is 0.269 e. The van der Waals surface area contributed by atoms with E-state index in [4.69, 9.17) is 0 Å². The van der Waals surface area contributed by atoms with Crippen LogP contribution < -0.4 is 5.32 Å². The quantitative estimate of drug-likeness (QED) is 0.580. The van der Waals surface area contributed by atoms with Crippen LogP contribution in [0.2, 0.25) is 0 Å². The zero-order valence-electron chi connectivity index (χ0n) is 13.8. The van der Waals surface area contributed by atoms with Crippen molar-refractivity contribution in [3.8, 4) is 0 Å². The second-order valence-electron chi connectivity index (χ2n) is 6.05. The molecule has 0 radical (unpaired) electrons. The summed E-state index contributed by atoms with van der Waals surface area (Å²) in [6.07, 6.45) is 2.04. The van der Waals surface area contributed by atoms with Gasteiger partial charge in [0.1, 0.15) is 0 Å². The van der Waals surface area contributed by atoms with Crippen molar-refractivity contribution < 1.29 is 4.92 Å². The molecule has 1 rings (SSSR count). The summed E-state index contributed by atoms with van der Waals surface area (Å²) < 4.78 is 0. The highest BCUT2D eigenvalue weighted by Gasteiger charge is 2.22. The number of hydrogen-bond donors (Lipinski definition) is 1. The molecule has 0 bridgehead atoms. The summed E-state index contributed by atoms with van der Waals surface area (Å²) in [5.74, 6) is 0. The number of nitrogens with one attached hydrogen (secondary N) is 1. The van der Waals surface area contributed by atoms with Crippen LogP contribution in [0.15, 0.2) is 18.2 Å². The van der Waals surface area contributed by atoms with Crippen LogP contribution in [-0.2, 0) is 6.54 Å². The molecule has 5 nitrogen and oxygen atoms in total. The van der Waals surface area contributed by atoms with E-state index in [1.54, 1.807) is 12.1 Å². The number of hydrogen-bond acceptors (Lipinski definition) is 4. The Bertz CT molecular complexity index is 486. The first-order valence-corrected chi connectivity index (χ1v) is 7.54. The molecule has 0 fully saturated rings. The Morgan fingerprint density at radius 1 is 1.33 bits per heavy atom. The number of nitro groups is 1. The zero-order valence-corrected chi connectivity index (χ0v) is 13.8. The highest BCUT2D eigenvalue weighted by Crippen LogP contribution is 2.26. The van der Waals surface area contributed by atoms with Crippen molar-refractivity contribution in [3.05, 3.63) is 33.9 Å². The van der Waals surface area contributed by atoms with E-state index in [1.165, 1.54) is 0 Å². The molecule has 0 aliphatic heterocycles. The topological polar surface area (TPSA) is 58.4 Å². The monoisotopic (exact) mass is 293 g/mol. The average Bonchev–Trinajstić information content (AvgIpc) is 2.45. The van der Waals surface area contributed by atoms with Gasteiger partial charge in [0.25, 0.3) is 5.69 Å². The lowest BCUT2D eigenvalue weighted by Gasteiger charge is -2.35. The normalized spacial score (nSPS) is 11.7. The Labute approximate surface area is 127 Å². The van der Waals surface area contributed by atoms with Crippen molar-refractivity contribution in [2.75, 3.05) is 18.9 Å². The van der Waals surface area contributed by atoms with Crippen LogP contribution in [0.5, 0.6) is 0 Å². The lowest BCUT2D eigenvalue weighted by molar-refractivity contribution is -0.384. The van der Waals surface area contributed by atoms with Gasteiger partial charge in [-0.1, -0.05) is 13.8 Å². The molecule has 0 amide bonds. The largest absolute Gasteiger partial charge is 0.385 e. The minimum atomic E-state index is -0.335. The molecule has 0 heterocycles. The molecule has 0 spiro atoms. The Balaban J connectivity index is 3.05. The molecule has 0 atom stereocenters. The van der Waals surface area contributed by atoms with Crippen LogP contribution in [0.1, 0.15) is 46.1 Å². The molecule has 0 aliphatic carbocycles. The van der Waals surface area contributed by atoms with E-state index < -0.39 is 0 Å². The highest BCUT2D eigenvalue weighted by molar-refractivity contribution is 5.56. The third kappa shape index (κ3) is 4.70. The van der Waals surface area contributed by atoms with Gasteiger partial charge in [0.05, 0.1) is 4.92 Å². The Kier molecular flexibility index (Phi) is 6.15. The van der Waals surface area contributed by atoms with Crippen molar-refractivity contribution in [3.63, 3.8) is 0 Å². The molecule has 0 unspecified atom stereocenters. The summed E-state index contributed by atoms with van der Waals surface area (Å²) in [6, 6.07) is 5.06. The first kappa shape index (κ1) is 17.4. The lowest BCUT2D eigenvalue weighted by Crippen LogP contribution is -2.39. The van der Waals surface area contributed by atoms with E-state index in [-0.39, 0.29) is 16.1 Å². The van der Waals surface area contributed by atoms with Gasteiger partial charge < -0.3 is 5.32 Å². The maximum atomic E-state index is 11.0. The Morgan fingerprint density at radius 3 is 2.52 bits per heavy atom. The van der Waals surface area contributed by atoms with Gasteiger partial charge in [-0.15, -0.1) is 0 Å². The van der Waals surface area contributed by atoms with Gasteiger partial charge in [0.15, 0.2) is 0 Å². The van der Waals surface area contributed by atoms with Crippen LogP contribution in [0, 0.1) is 10.1 Å². The number of benzene rings is 1. The van der Waals surface area contributed by atoms with Gasteiger partial charge in [0.2, 0.25) is 0 Å². The second kappa shape index (κ2) is 7.41. The standard InChI is InChI=1S/C16H27N3O2/c1-6-10-17-15-9-8-14(19(20)21)11-13(15)12-18(5)16(3,4)7-2/h8-9,11,17H,6-7,10,12H2,1-5H3. The van der Waals surface area contributed by atoms with Gasteiger partial charge in [-0.2, -0.15) is 0 Å². The minimum absolute atomic E-state index is 0.0622. The van der Waals surface area contributed by atoms with Crippen LogP contribution in [0.25, 0.3) is 0 Å². The molecule has 0 saturated carbocycles. The van der Waals surface area contributed by atoms with Gasteiger partial charge in [-0.25, -0.2) is 0 Å². The van der Waals surface area contributed by atoms with Gasteiger partial charge in [0, 0.05) is 36.4 Å². The van der Waals surface area contributed by atoms with Gasteiger partial charge in [-0.3, -0.25) is 15.0 Å². The molecule has 1 aromatic rings. The van der Waals surface area contributed by atoms with Crippen molar-refractivity contribution in [1.29, 1.82) is 0 Å². The van der Waals surface area contributed by atoms with Gasteiger partial charge >= 0.3 is 0 Å². The lowest BCUT2D eigenvalue weighted by atomic mass is 9.99. The molecule has 1 N–H and O–H groups in total. The van der Waals surface area contributed by atoms with Crippen LogP contribution in [0.3, 0.4) is 0 Å². The number of nitrogens with zero attached hydrogens (tertiary/aromatic N) is 2. The van der Waals surface area contributed by atoms with Crippen molar-refractivity contribution in [2.45, 2.75) is 52.6 Å². The number of rotatable bonds is 8. The van der Waals surface area contributed by atoms with E-state index in [2.05, 4.69) is 45.0 Å². The van der Waals surface area contributed by atoms with E-state index in [9.17, 15) is 10.1 Å². The van der Waals surface area contributed by atoms with Crippen LogP contribution in [0.4, 0.5) is 11.4 Å². The van der Waals surface area contributed by atoms with Crippen molar-refractivity contribution >= 4 is 11.4 Å². The number of nitro benzene ring substituents is 1. The molecule has 5 heteroatoms. The molecular formula is C16H27N3O2. The molecular weight excluding hydrogens is 266 g/mol. The van der Waals surface area contributed by atoms with E-state index in [1.807, 2.05) is 6.07 Å². The van der Waals surface area contributed by atoms with Crippen LogP contribution >= 0.6 is 0 Å². The summed E-state index contributed by atoms with van der Waals surface area (Å²) in [7, 11) is 2.06. The predicted molar refractivity (Wildman–Crippen MR) is 87.7 cm³/mol. The Morgan fingerprint density at radius 2 is 2.00 bits per heavy atom. The average molecular weight is 293 g/mol. The molecule has 21 heavy (non-hydrogen) atoms. The third-order valence-electron chi connectivity index (χ3n) is 4.17. The summed E-state index contributed by atoms with van der Waals surface area (Å²) in [6.45, 7) is 10.2. The van der Waals surface area contributed by atoms with Crippen molar-refractivity contribution in [1.82, 2.24) is 4.90 Å². The van der Waals surface area contributed by atoms with E-state index >= 15 is 0 Å². The first-order valence-electron chi connectivity index (χ1n) is 7.54. The predicted octanol–water partition coefficient (Wildman–Crippen LogP) is 4.04. The summed E-state index contributed by atoms with van der Waals surface area (Å²) in [4.78, 5) is 12.9. The SMILES string of the molecule is CCCNc1ccc([N+](=O)[O-])cc1CN(C)C(C)(C)CC. The molecule has 118 valence electrons. The minimum Gasteiger partial charge on any atom is -0.385 e. The van der Waals surface area contributed by atoms with Crippen molar-refractivity contribution in [2.24, 2.45) is 0 Å². The van der Waals surface area contributed by atoms with E-state index in [0.29, 0.717) is 6.54 Å². The number of anilines is 1. The maximum absolute atomic E-state index is 11.0. The summed E-state index contributed by atoms with van der Waals surface area (Å²) in [5.41, 5.74) is 2.17. The zero-order chi connectivity index (χ0) is 16.0. The highest BCUT2D eigenvalue weighted by atomic mass is 16.6. The second-order valence-corrected chi connectivity index (χ2v) is 6.05. The fourth-order valence-corrected chi connectivity index (χ4v) is 2.00. The molecule has 1 aromatic carbocycles. The fraction of sp³-hybridized carbons (Fsp3) is 0.625. The molecule has 0 saturated heterocycles. The van der Waals surface area contributed by atoms with E-state index in [0.717, 1.165) is 30.6 Å². The molecule has 0 aliphatic rings. The van der Waals surface area contributed by atoms with Gasteiger partial charge in [-0.05, 0) is 45.4 Å². The smallest absolute Gasteiger partial charge is 0.269 e. The Hall–Kier alpha value is -1.62. The summed E-state index contributed by atoms with van der Waals surface area (Å²) >= 11 is 0. The number of non-ortho nitro benzene ring substituents is 1. The first-order chi connectivity index (χ1) is 9.81. The summed E-state index contributed by atoms with van der Waals surface area (Å²) in [5, 5.41) is 14.3. The molecule has 0 aromatic heterocycles.